The summed E-state index contributed by atoms with van der Waals surface area (Å²) in [7, 11) is 1.83. The summed E-state index contributed by atoms with van der Waals surface area (Å²) in [6.45, 7) is 1.88. The third-order valence-electron chi connectivity index (χ3n) is 3.94. The van der Waals surface area contributed by atoms with Gasteiger partial charge in [0.05, 0.1) is 22.3 Å². The van der Waals surface area contributed by atoms with Gasteiger partial charge in [-0.15, -0.1) is 11.3 Å². The van der Waals surface area contributed by atoms with Crippen LogP contribution in [0.3, 0.4) is 0 Å². The van der Waals surface area contributed by atoms with Gasteiger partial charge in [0.1, 0.15) is 0 Å². The van der Waals surface area contributed by atoms with Gasteiger partial charge in [-0.1, -0.05) is 30.3 Å². The molecule has 4 aromatic rings. The largest absolute Gasteiger partial charge is 0.298 e. The van der Waals surface area contributed by atoms with E-state index in [1.165, 1.54) is 11.3 Å². The van der Waals surface area contributed by atoms with Crippen molar-refractivity contribution in [1.82, 2.24) is 19.7 Å². The van der Waals surface area contributed by atoms with Crippen LogP contribution < -0.4 is 5.32 Å². The fourth-order valence-corrected chi connectivity index (χ4v) is 3.35. The average Bonchev–Trinajstić information content (AvgIpc) is 3.23. The monoisotopic (exact) mass is 349 g/mol. The maximum Gasteiger partial charge on any atom is 0.258 e. The maximum atomic E-state index is 12.9. The Morgan fingerprint density at radius 3 is 2.76 bits per heavy atom. The molecule has 0 aliphatic heterocycles. The van der Waals surface area contributed by atoms with Crippen LogP contribution in [-0.4, -0.2) is 25.7 Å². The van der Waals surface area contributed by atoms with Crippen molar-refractivity contribution in [3.05, 3.63) is 59.2 Å². The zero-order chi connectivity index (χ0) is 17.4. The van der Waals surface area contributed by atoms with Gasteiger partial charge in [0, 0.05) is 24.2 Å². The van der Waals surface area contributed by atoms with E-state index in [4.69, 9.17) is 4.98 Å². The minimum Gasteiger partial charge on any atom is -0.298 e. The van der Waals surface area contributed by atoms with Crippen LogP contribution in [0.1, 0.15) is 16.1 Å². The first-order chi connectivity index (χ1) is 12.1. The van der Waals surface area contributed by atoms with Crippen LogP contribution >= 0.6 is 11.3 Å². The van der Waals surface area contributed by atoms with Crippen LogP contribution in [0.25, 0.3) is 22.3 Å². The third-order valence-corrected chi connectivity index (χ3v) is 4.62. The van der Waals surface area contributed by atoms with Crippen molar-refractivity contribution < 1.29 is 4.79 Å². The van der Waals surface area contributed by atoms with Gasteiger partial charge in [-0.3, -0.25) is 14.8 Å². The molecule has 0 unspecified atom stereocenters. The number of pyridine rings is 1. The highest BCUT2D eigenvalue weighted by molar-refractivity contribution is 7.13. The van der Waals surface area contributed by atoms with Crippen LogP contribution in [0.2, 0.25) is 0 Å². The number of thiazole rings is 1. The van der Waals surface area contributed by atoms with E-state index in [0.717, 1.165) is 22.3 Å². The second-order valence-electron chi connectivity index (χ2n) is 5.62. The summed E-state index contributed by atoms with van der Waals surface area (Å²) in [5.41, 5.74) is 3.69. The van der Waals surface area contributed by atoms with E-state index in [9.17, 15) is 4.79 Å². The van der Waals surface area contributed by atoms with Crippen LogP contribution in [0, 0.1) is 6.92 Å². The number of hydrogen-bond donors (Lipinski definition) is 1. The minimum absolute atomic E-state index is 0.212. The number of fused-ring (bicyclic) bond motifs is 1. The number of hydrogen-bond acceptors (Lipinski definition) is 5. The molecule has 1 N–H and O–H groups in total. The van der Waals surface area contributed by atoms with E-state index in [1.807, 2.05) is 55.7 Å². The molecule has 0 bridgehead atoms. The number of benzene rings is 1. The summed E-state index contributed by atoms with van der Waals surface area (Å²) in [6, 6.07) is 11.6. The maximum absolute atomic E-state index is 12.9. The van der Waals surface area contributed by atoms with Crippen molar-refractivity contribution >= 4 is 33.4 Å². The Balaban J connectivity index is 1.90. The molecule has 0 saturated heterocycles. The van der Waals surface area contributed by atoms with Gasteiger partial charge in [-0.25, -0.2) is 9.97 Å². The molecule has 7 heteroatoms. The summed E-state index contributed by atoms with van der Waals surface area (Å²) in [6.07, 6.45) is 1.66. The van der Waals surface area contributed by atoms with E-state index in [-0.39, 0.29) is 5.91 Å². The smallest absolute Gasteiger partial charge is 0.258 e. The average molecular weight is 349 g/mol. The summed E-state index contributed by atoms with van der Waals surface area (Å²) in [5, 5.41) is 10.4. The number of amides is 1. The van der Waals surface area contributed by atoms with Crippen molar-refractivity contribution in [2.24, 2.45) is 7.05 Å². The molecule has 0 aliphatic carbocycles. The molecule has 0 aliphatic rings. The Bertz CT molecular complexity index is 1050. The van der Waals surface area contributed by atoms with Crippen molar-refractivity contribution in [2.45, 2.75) is 6.92 Å². The molecule has 1 amide bonds. The Morgan fingerprint density at radius 1 is 1.24 bits per heavy atom. The number of aromatic nitrogens is 4. The van der Waals surface area contributed by atoms with Crippen molar-refractivity contribution in [3.8, 4) is 11.3 Å². The lowest BCUT2D eigenvalue weighted by Crippen LogP contribution is -2.13. The first-order valence-corrected chi connectivity index (χ1v) is 8.62. The van der Waals surface area contributed by atoms with E-state index in [2.05, 4.69) is 15.4 Å². The van der Waals surface area contributed by atoms with Gasteiger partial charge in [0.15, 0.2) is 10.8 Å². The van der Waals surface area contributed by atoms with E-state index < -0.39 is 0 Å². The van der Waals surface area contributed by atoms with Crippen molar-refractivity contribution in [3.63, 3.8) is 0 Å². The summed E-state index contributed by atoms with van der Waals surface area (Å²) in [5.74, 6) is -0.212. The number of nitrogens with zero attached hydrogens (tertiary/aromatic N) is 4. The second kappa shape index (κ2) is 6.10. The zero-order valence-corrected chi connectivity index (χ0v) is 14.5. The molecule has 6 nitrogen and oxygen atoms in total. The molecule has 0 saturated carbocycles. The predicted molar refractivity (Wildman–Crippen MR) is 98.7 cm³/mol. The molecule has 0 atom stereocenters. The predicted octanol–water partition coefficient (Wildman–Crippen LogP) is 3.65. The van der Waals surface area contributed by atoms with Gasteiger partial charge in [-0.2, -0.15) is 5.10 Å². The highest BCUT2D eigenvalue weighted by Crippen LogP contribution is 2.27. The van der Waals surface area contributed by atoms with Gasteiger partial charge < -0.3 is 0 Å². The molecule has 0 radical (unpaired) electrons. The summed E-state index contributed by atoms with van der Waals surface area (Å²) < 4.78 is 1.71. The molecule has 25 heavy (non-hydrogen) atoms. The highest BCUT2D eigenvalue weighted by Gasteiger charge is 2.19. The number of carbonyl (C=O) groups is 1. The number of anilines is 1. The summed E-state index contributed by atoms with van der Waals surface area (Å²) in [4.78, 5) is 21.7. The topological polar surface area (TPSA) is 72.7 Å². The third kappa shape index (κ3) is 2.78. The molecule has 0 spiro atoms. The van der Waals surface area contributed by atoms with E-state index >= 15 is 0 Å². The minimum atomic E-state index is -0.212. The Hall–Kier alpha value is -3.06. The van der Waals surface area contributed by atoms with Gasteiger partial charge in [0.25, 0.3) is 5.91 Å². The number of nitrogens with one attached hydrogen (secondary N) is 1. The van der Waals surface area contributed by atoms with Crippen LogP contribution in [-0.2, 0) is 7.05 Å². The highest BCUT2D eigenvalue weighted by atomic mass is 32.1. The molecule has 3 heterocycles. The first-order valence-electron chi connectivity index (χ1n) is 7.74. The van der Waals surface area contributed by atoms with Gasteiger partial charge in [0.2, 0.25) is 0 Å². The van der Waals surface area contributed by atoms with Crippen molar-refractivity contribution in [1.29, 1.82) is 0 Å². The lowest BCUT2D eigenvalue weighted by atomic mass is 10.1. The molecule has 3 aromatic heterocycles. The Labute approximate surface area is 148 Å². The standard InChI is InChI=1S/C18H15N5OS/c1-11-15-13(17(24)21-18-19-8-9-25-18)10-14(12-6-4-3-5-7-12)20-16(15)23(2)22-11/h3-10H,1-2H3,(H,19,21,24). The quantitative estimate of drug-likeness (QED) is 0.613. The fourth-order valence-electron chi connectivity index (χ4n) is 2.83. The number of aryl methyl sites for hydroxylation is 2. The normalized spacial score (nSPS) is 11.0. The summed E-state index contributed by atoms with van der Waals surface area (Å²) >= 11 is 1.38. The number of carbonyl (C=O) groups excluding carboxylic acids is 1. The van der Waals surface area contributed by atoms with E-state index in [1.54, 1.807) is 10.9 Å². The van der Waals surface area contributed by atoms with Gasteiger partial charge >= 0.3 is 0 Å². The van der Waals surface area contributed by atoms with Crippen molar-refractivity contribution in [2.75, 3.05) is 5.32 Å². The molecular formula is C18H15N5OS. The van der Waals surface area contributed by atoms with Crippen LogP contribution in [0.4, 0.5) is 5.13 Å². The molecule has 0 fully saturated rings. The number of rotatable bonds is 3. The molecule has 124 valence electrons. The molecule has 4 rings (SSSR count). The fraction of sp³-hybridized carbons (Fsp3) is 0.111. The zero-order valence-electron chi connectivity index (χ0n) is 13.7. The second-order valence-corrected chi connectivity index (χ2v) is 6.51. The lowest BCUT2D eigenvalue weighted by Gasteiger charge is -2.08. The van der Waals surface area contributed by atoms with Gasteiger partial charge in [-0.05, 0) is 13.0 Å². The Kier molecular flexibility index (Phi) is 3.77. The molecular weight excluding hydrogens is 334 g/mol. The first kappa shape index (κ1) is 15.5. The lowest BCUT2D eigenvalue weighted by molar-refractivity contribution is 0.102. The van der Waals surface area contributed by atoms with Crippen LogP contribution in [0.5, 0.6) is 0 Å². The van der Waals surface area contributed by atoms with Crippen LogP contribution in [0.15, 0.2) is 48.0 Å². The molecule has 1 aromatic carbocycles. The SMILES string of the molecule is Cc1nn(C)c2nc(-c3ccccc3)cc(C(=O)Nc3nccs3)c12. The Morgan fingerprint density at radius 2 is 2.04 bits per heavy atom. The van der Waals surface area contributed by atoms with E-state index in [0.29, 0.717) is 16.3 Å².